The molecule has 0 aliphatic carbocycles. The molecule has 0 fully saturated rings. The van der Waals surface area contributed by atoms with E-state index >= 15 is 0 Å². The van der Waals surface area contributed by atoms with Gasteiger partial charge < -0.3 is 25.0 Å². The number of fused-ring (bicyclic) bond motifs is 1. The van der Waals surface area contributed by atoms with Gasteiger partial charge in [0.2, 0.25) is 5.91 Å². The van der Waals surface area contributed by atoms with Crippen molar-refractivity contribution in [3.63, 3.8) is 0 Å². The molecule has 0 unspecified atom stereocenters. The summed E-state index contributed by atoms with van der Waals surface area (Å²) in [5, 5.41) is 17.0. The molecule has 2 N–H and O–H groups in total. The van der Waals surface area contributed by atoms with Crippen LogP contribution in [0.4, 0.5) is 17.1 Å². The van der Waals surface area contributed by atoms with Gasteiger partial charge in [-0.05, 0) is 57.4 Å². The van der Waals surface area contributed by atoms with Gasteiger partial charge in [-0.25, -0.2) is 0 Å². The minimum atomic E-state index is -0.192. The maximum Gasteiger partial charge on any atom is 0.238 e. The van der Waals surface area contributed by atoms with Crippen molar-refractivity contribution in [1.29, 1.82) is 5.26 Å². The molecule has 2 heterocycles. The standard InChI is InChI=1S/C28H27ClN6O3/c1-4-37-26-13-23-21(12-24(26)34-27(36)16-35(2)3)28(18(14-30)15-32-23)33-19-8-9-25(22(29)11-19)38-17-20-7-5-6-10-31-20/h5-13,15H,4,16-17H2,1-3H3,(H,32,33)(H,34,36). The highest BCUT2D eigenvalue weighted by Gasteiger charge is 2.16. The van der Waals surface area contributed by atoms with Crippen molar-refractivity contribution < 1.29 is 14.3 Å². The molecular weight excluding hydrogens is 504 g/mol. The van der Waals surface area contributed by atoms with Crippen molar-refractivity contribution in [2.24, 2.45) is 0 Å². The number of anilines is 3. The highest BCUT2D eigenvalue weighted by Crippen LogP contribution is 2.37. The van der Waals surface area contributed by atoms with Gasteiger partial charge in [0.1, 0.15) is 24.2 Å². The average Bonchev–Trinajstić information content (AvgIpc) is 2.89. The van der Waals surface area contributed by atoms with Crippen LogP contribution in [0.3, 0.4) is 0 Å². The fraction of sp³-hybridized carbons (Fsp3) is 0.214. The average molecular weight is 531 g/mol. The number of rotatable bonds is 10. The second-order valence-corrected chi connectivity index (χ2v) is 9.03. The Bertz CT molecular complexity index is 1490. The number of carbonyl (C=O) groups excluding carboxylic acids is 1. The van der Waals surface area contributed by atoms with Crippen LogP contribution in [0.5, 0.6) is 11.5 Å². The number of amides is 1. The fourth-order valence-electron chi connectivity index (χ4n) is 3.76. The van der Waals surface area contributed by atoms with Crippen LogP contribution in [0.2, 0.25) is 5.02 Å². The van der Waals surface area contributed by atoms with Crippen LogP contribution in [0, 0.1) is 11.3 Å². The molecular formula is C28H27ClN6O3. The largest absolute Gasteiger partial charge is 0.492 e. The summed E-state index contributed by atoms with van der Waals surface area (Å²) in [6.07, 6.45) is 3.20. The van der Waals surface area contributed by atoms with Gasteiger partial charge in [0, 0.05) is 29.5 Å². The summed E-state index contributed by atoms with van der Waals surface area (Å²) in [5.41, 5.74) is 3.38. The minimum absolute atomic E-state index is 0.192. The van der Waals surface area contributed by atoms with Crippen molar-refractivity contribution in [3.05, 3.63) is 77.2 Å². The number of benzene rings is 2. The number of pyridine rings is 2. The van der Waals surface area contributed by atoms with Crippen molar-refractivity contribution >= 4 is 45.5 Å². The van der Waals surface area contributed by atoms with Crippen molar-refractivity contribution in [1.82, 2.24) is 14.9 Å². The zero-order chi connectivity index (χ0) is 27.1. The van der Waals surface area contributed by atoms with Gasteiger partial charge in [-0.15, -0.1) is 0 Å². The van der Waals surface area contributed by atoms with Crippen LogP contribution in [-0.4, -0.2) is 48.0 Å². The molecule has 0 spiro atoms. The Morgan fingerprint density at radius 2 is 1.95 bits per heavy atom. The maximum absolute atomic E-state index is 12.5. The molecule has 0 saturated heterocycles. The number of ether oxygens (including phenoxy) is 2. The number of likely N-dealkylation sites (N-methyl/N-ethyl adjacent to an activating group) is 1. The lowest BCUT2D eigenvalue weighted by atomic mass is 10.1. The van der Waals surface area contributed by atoms with E-state index in [4.69, 9.17) is 21.1 Å². The predicted molar refractivity (Wildman–Crippen MR) is 148 cm³/mol. The Hall–Kier alpha value is -4.39. The van der Waals surface area contributed by atoms with E-state index in [1.165, 1.54) is 6.20 Å². The molecule has 10 heteroatoms. The van der Waals surface area contributed by atoms with E-state index in [-0.39, 0.29) is 19.1 Å². The molecule has 0 saturated carbocycles. The van der Waals surface area contributed by atoms with E-state index in [0.717, 1.165) is 5.69 Å². The minimum Gasteiger partial charge on any atom is -0.492 e. The van der Waals surface area contributed by atoms with Crippen molar-refractivity contribution in [2.45, 2.75) is 13.5 Å². The first-order valence-electron chi connectivity index (χ1n) is 11.9. The first kappa shape index (κ1) is 26.7. The number of nitriles is 1. The Kier molecular flexibility index (Phi) is 8.58. The highest BCUT2D eigenvalue weighted by atomic mass is 35.5. The van der Waals surface area contributed by atoms with Gasteiger partial charge in [-0.1, -0.05) is 17.7 Å². The zero-order valence-electron chi connectivity index (χ0n) is 21.3. The topological polar surface area (TPSA) is 112 Å². The lowest BCUT2D eigenvalue weighted by Crippen LogP contribution is -2.27. The summed E-state index contributed by atoms with van der Waals surface area (Å²) in [7, 11) is 3.63. The van der Waals surface area contributed by atoms with Gasteiger partial charge >= 0.3 is 0 Å². The molecule has 2 aromatic heterocycles. The number of carbonyl (C=O) groups is 1. The quantitative estimate of drug-likeness (QED) is 0.281. The maximum atomic E-state index is 12.5. The number of aromatic nitrogens is 2. The normalized spacial score (nSPS) is 10.7. The number of nitrogens with zero attached hydrogens (tertiary/aromatic N) is 4. The molecule has 0 aliphatic rings. The number of nitrogens with one attached hydrogen (secondary N) is 2. The molecule has 0 aliphatic heterocycles. The highest BCUT2D eigenvalue weighted by molar-refractivity contribution is 6.32. The zero-order valence-corrected chi connectivity index (χ0v) is 22.0. The van der Waals surface area contributed by atoms with E-state index in [9.17, 15) is 10.1 Å². The summed E-state index contributed by atoms with van der Waals surface area (Å²) >= 11 is 6.50. The molecule has 194 valence electrons. The number of hydrogen-bond donors (Lipinski definition) is 2. The lowest BCUT2D eigenvalue weighted by Gasteiger charge is -2.17. The van der Waals surface area contributed by atoms with E-state index in [1.807, 2.05) is 39.2 Å². The summed E-state index contributed by atoms with van der Waals surface area (Å²) in [4.78, 5) is 23.0. The molecule has 4 rings (SSSR count). The van der Waals surface area contributed by atoms with Gasteiger partial charge in [-0.2, -0.15) is 5.26 Å². The summed E-state index contributed by atoms with van der Waals surface area (Å²) in [6, 6.07) is 16.6. The monoisotopic (exact) mass is 530 g/mol. The van der Waals surface area contributed by atoms with Crippen LogP contribution < -0.4 is 20.1 Å². The lowest BCUT2D eigenvalue weighted by molar-refractivity contribution is -0.116. The Balaban J connectivity index is 1.66. The van der Waals surface area contributed by atoms with Gasteiger partial charge in [0.05, 0.1) is 46.3 Å². The van der Waals surface area contributed by atoms with Crippen LogP contribution >= 0.6 is 11.6 Å². The third-order valence-corrected chi connectivity index (χ3v) is 5.72. The molecule has 0 atom stereocenters. The van der Waals surface area contributed by atoms with E-state index < -0.39 is 0 Å². The Morgan fingerprint density at radius 1 is 1.11 bits per heavy atom. The van der Waals surface area contributed by atoms with Crippen molar-refractivity contribution in [2.75, 3.05) is 37.9 Å². The third kappa shape index (κ3) is 6.48. The smallest absolute Gasteiger partial charge is 0.238 e. The van der Waals surface area contributed by atoms with Gasteiger partial charge in [0.25, 0.3) is 0 Å². The van der Waals surface area contributed by atoms with Gasteiger partial charge in [0.15, 0.2) is 0 Å². The Labute approximate surface area is 226 Å². The first-order chi connectivity index (χ1) is 18.4. The van der Waals surface area contributed by atoms with Crippen LogP contribution in [0.1, 0.15) is 18.2 Å². The molecule has 2 aromatic carbocycles. The molecule has 0 bridgehead atoms. The molecule has 9 nitrogen and oxygen atoms in total. The predicted octanol–water partition coefficient (Wildman–Crippen LogP) is 5.38. The van der Waals surface area contributed by atoms with Crippen LogP contribution in [0.15, 0.2) is 60.9 Å². The molecule has 1 amide bonds. The van der Waals surface area contributed by atoms with Crippen molar-refractivity contribution in [3.8, 4) is 17.6 Å². The van der Waals surface area contributed by atoms with Crippen LogP contribution in [-0.2, 0) is 11.4 Å². The third-order valence-electron chi connectivity index (χ3n) is 5.43. The second kappa shape index (κ2) is 12.2. The fourth-order valence-corrected chi connectivity index (χ4v) is 4.00. The van der Waals surface area contributed by atoms with E-state index in [0.29, 0.717) is 56.7 Å². The first-order valence-corrected chi connectivity index (χ1v) is 12.3. The molecule has 4 aromatic rings. The Morgan fingerprint density at radius 3 is 2.63 bits per heavy atom. The molecule has 0 radical (unpaired) electrons. The number of halogens is 1. The SMILES string of the molecule is CCOc1cc2ncc(C#N)c(Nc3ccc(OCc4ccccn4)c(Cl)c3)c2cc1NC(=O)CN(C)C. The van der Waals surface area contributed by atoms with E-state index in [1.54, 1.807) is 41.4 Å². The van der Waals surface area contributed by atoms with Gasteiger partial charge in [-0.3, -0.25) is 14.8 Å². The summed E-state index contributed by atoms with van der Waals surface area (Å²) < 4.78 is 11.6. The second-order valence-electron chi connectivity index (χ2n) is 8.62. The van der Waals surface area contributed by atoms with E-state index in [2.05, 4.69) is 26.7 Å². The molecule has 38 heavy (non-hydrogen) atoms. The van der Waals surface area contributed by atoms with Crippen LogP contribution in [0.25, 0.3) is 10.9 Å². The summed E-state index contributed by atoms with van der Waals surface area (Å²) in [6.45, 7) is 2.77. The summed E-state index contributed by atoms with van der Waals surface area (Å²) in [5.74, 6) is 0.810. The number of hydrogen-bond acceptors (Lipinski definition) is 8.